The Bertz CT molecular complexity index is 897. The Morgan fingerprint density at radius 2 is 1.64 bits per heavy atom. The number of amides is 2. The van der Waals surface area contributed by atoms with Gasteiger partial charge in [-0.25, -0.2) is 4.79 Å². The van der Waals surface area contributed by atoms with E-state index in [1.807, 2.05) is 18.2 Å². The van der Waals surface area contributed by atoms with Crippen LogP contribution in [-0.2, 0) is 14.3 Å². The SMILES string of the molecule is CCOC(=O)C=CC(=O)NC(=S)Nc1ccccc1C(=O)Nc1ccccc1. The lowest BCUT2D eigenvalue weighted by molar-refractivity contribution is -0.137. The van der Waals surface area contributed by atoms with Gasteiger partial charge in [0.15, 0.2) is 5.11 Å². The molecule has 2 aromatic rings. The standard InChI is InChI=1S/C20H19N3O4S/c1-2-27-18(25)13-12-17(24)23-20(28)22-16-11-7-6-10-15(16)19(26)21-14-8-4-3-5-9-14/h3-13H,2H2,1H3,(H,21,26)(H2,22,23,24,28). The third kappa shape index (κ3) is 6.65. The van der Waals surface area contributed by atoms with Gasteiger partial charge in [-0.3, -0.25) is 14.9 Å². The molecule has 0 saturated carbocycles. The molecule has 2 aromatic carbocycles. The largest absolute Gasteiger partial charge is 0.463 e. The van der Waals surface area contributed by atoms with E-state index in [0.29, 0.717) is 16.9 Å². The lowest BCUT2D eigenvalue weighted by atomic mass is 10.1. The quantitative estimate of drug-likeness (QED) is 0.394. The molecule has 0 bridgehead atoms. The van der Waals surface area contributed by atoms with Gasteiger partial charge in [-0.05, 0) is 43.4 Å². The maximum Gasteiger partial charge on any atom is 0.330 e. The fraction of sp³-hybridized carbons (Fsp3) is 0.100. The minimum Gasteiger partial charge on any atom is -0.463 e. The number of nitrogens with one attached hydrogen (secondary N) is 3. The zero-order chi connectivity index (χ0) is 20.4. The van der Waals surface area contributed by atoms with Crippen molar-refractivity contribution < 1.29 is 19.1 Å². The Hall–Kier alpha value is -3.52. The number of esters is 1. The molecule has 0 aliphatic heterocycles. The summed E-state index contributed by atoms with van der Waals surface area (Å²) in [7, 11) is 0. The van der Waals surface area contributed by atoms with Gasteiger partial charge < -0.3 is 15.4 Å². The van der Waals surface area contributed by atoms with Crippen LogP contribution in [0.25, 0.3) is 0 Å². The number of carbonyl (C=O) groups excluding carboxylic acids is 3. The van der Waals surface area contributed by atoms with Crippen molar-refractivity contribution in [1.82, 2.24) is 5.32 Å². The number of hydrogen-bond donors (Lipinski definition) is 3. The van der Waals surface area contributed by atoms with Gasteiger partial charge in [0.1, 0.15) is 0 Å². The highest BCUT2D eigenvalue weighted by Crippen LogP contribution is 2.17. The molecule has 7 nitrogen and oxygen atoms in total. The molecule has 0 fully saturated rings. The van der Waals surface area contributed by atoms with Crippen LogP contribution >= 0.6 is 12.2 Å². The average molecular weight is 397 g/mol. The molecule has 0 saturated heterocycles. The van der Waals surface area contributed by atoms with Gasteiger partial charge in [0.25, 0.3) is 5.91 Å². The molecule has 0 aliphatic carbocycles. The van der Waals surface area contributed by atoms with E-state index in [1.54, 1.807) is 43.3 Å². The Balaban J connectivity index is 2.00. The van der Waals surface area contributed by atoms with Crippen molar-refractivity contribution >= 4 is 46.5 Å². The second-order valence-electron chi connectivity index (χ2n) is 5.39. The number of hydrogen-bond acceptors (Lipinski definition) is 5. The fourth-order valence-electron chi connectivity index (χ4n) is 2.15. The molecule has 0 radical (unpaired) electrons. The van der Waals surface area contributed by atoms with Crippen LogP contribution in [0.2, 0.25) is 0 Å². The number of carbonyl (C=O) groups is 3. The average Bonchev–Trinajstić information content (AvgIpc) is 2.67. The summed E-state index contributed by atoms with van der Waals surface area (Å²) in [5, 5.41) is 7.98. The summed E-state index contributed by atoms with van der Waals surface area (Å²) in [6.45, 7) is 1.88. The van der Waals surface area contributed by atoms with E-state index in [1.165, 1.54) is 0 Å². The zero-order valence-electron chi connectivity index (χ0n) is 15.1. The molecule has 28 heavy (non-hydrogen) atoms. The first-order valence-corrected chi connectivity index (χ1v) is 8.82. The topological polar surface area (TPSA) is 96.5 Å². The first-order valence-electron chi connectivity index (χ1n) is 8.42. The number of rotatable bonds is 6. The Kier molecular flexibility index (Phi) is 7.86. The van der Waals surface area contributed by atoms with E-state index in [0.717, 1.165) is 12.2 Å². The van der Waals surface area contributed by atoms with Crippen LogP contribution in [0.4, 0.5) is 11.4 Å². The van der Waals surface area contributed by atoms with Crippen molar-refractivity contribution in [1.29, 1.82) is 0 Å². The molecule has 2 rings (SSSR count). The summed E-state index contributed by atoms with van der Waals surface area (Å²) >= 11 is 5.09. The van der Waals surface area contributed by atoms with Gasteiger partial charge in [0.2, 0.25) is 5.91 Å². The Labute approximate surface area is 167 Å². The predicted molar refractivity (Wildman–Crippen MR) is 111 cm³/mol. The molecule has 144 valence electrons. The lowest BCUT2D eigenvalue weighted by Crippen LogP contribution is -2.33. The van der Waals surface area contributed by atoms with E-state index in [9.17, 15) is 14.4 Å². The van der Waals surface area contributed by atoms with Crippen molar-refractivity contribution in [3.63, 3.8) is 0 Å². The van der Waals surface area contributed by atoms with Crippen LogP contribution in [-0.4, -0.2) is 29.5 Å². The Morgan fingerprint density at radius 1 is 0.964 bits per heavy atom. The normalized spacial score (nSPS) is 10.2. The third-order valence-electron chi connectivity index (χ3n) is 3.35. The van der Waals surface area contributed by atoms with E-state index in [2.05, 4.69) is 20.7 Å². The minimum absolute atomic E-state index is 0.0153. The molecule has 2 amide bonds. The van der Waals surface area contributed by atoms with Gasteiger partial charge in [-0.2, -0.15) is 0 Å². The maximum atomic E-state index is 12.5. The molecule has 0 spiro atoms. The monoisotopic (exact) mass is 397 g/mol. The van der Waals surface area contributed by atoms with Gasteiger partial charge in [0, 0.05) is 17.8 Å². The van der Waals surface area contributed by atoms with Crippen LogP contribution in [0.15, 0.2) is 66.7 Å². The van der Waals surface area contributed by atoms with Gasteiger partial charge >= 0.3 is 5.97 Å². The van der Waals surface area contributed by atoms with Crippen LogP contribution in [0.3, 0.4) is 0 Å². The van der Waals surface area contributed by atoms with Gasteiger partial charge in [-0.15, -0.1) is 0 Å². The van der Waals surface area contributed by atoms with Crippen LogP contribution < -0.4 is 16.0 Å². The van der Waals surface area contributed by atoms with Crippen LogP contribution in [0.1, 0.15) is 17.3 Å². The summed E-state index contributed by atoms with van der Waals surface area (Å²) in [6.07, 6.45) is 2.02. The zero-order valence-corrected chi connectivity index (χ0v) is 15.9. The lowest BCUT2D eigenvalue weighted by Gasteiger charge is -2.13. The smallest absolute Gasteiger partial charge is 0.330 e. The fourth-order valence-corrected chi connectivity index (χ4v) is 2.36. The van der Waals surface area contributed by atoms with E-state index in [4.69, 9.17) is 12.2 Å². The van der Waals surface area contributed by atoms with E-state index < -0.39 is 11.9 Å². The summed E-state index contributed by atoms with van der Waals surface area (Å²) in [4.78, 5) is 35.5. The number of anilines is 2. The molecular weight excluding hydrogens is 378 g/mol. The number of para-hydroxylation sites is 2. The molecule has 0 heterocycles. The summed E-state index contributed by atoms with van der Waals surface area (Å²) in [5.74, 6) is -1.55. The van der Waals surface area contributed by atoms with Gasteiger partial charge in [-0.1, -0.05) is 30.3 Å². The predicted octanol–water partition coefficient (Wildman–Crippen LogP) is 2.87. The first kappa shape index (κ1) is 20.8. The molecule has 0 atom stereocenters. The van der Waals surface area contributed by atoms with Crippen molar-refractivity contribution in [2.75, 3.05) is 17.2 Å². The number of thiocarbonyl (C=S) groups is 1. The van der Waals surface area contributed by atoms with E-state index >= 15 is 0 Å². The number of ether oxygens (including phenoxy) is 1. The van der Waals surface area contributed by atoms with Crippen LogP contribution in [0.5, 0.6) is 0 Å². The first-order chi connectivity index (χ1) is 13.5. The second kappa shape index (κ2) is 10.6. The van der Waals surface area contributed by atoms with Crippen molar-refractivity contribution in [3.05, 3.63) is 72.3 Å². The van der Waals surface area contributed by atoms with Crippen LogP contribution in [0, 0.1) is 0 Å². The van der Waals surface area contributed by atoms with Crippen molar-refractivity contribution in [2.45, 2.75) is 6.92 Å². The summed E-state index contributed by atoms with van der Waals surface area (Å²) in [6, 6.07) is 15.8. The molecule has 8 heteroatoms. The van der Waals surface area contributed by atoms with Crippen molar-refractivity contribution in [3.8, 4) is 0 Å². The highest BCUT2D eigenvalue weighted by Gasteiger charge is 2.12. The third-order valence-corrected chi connectivity index (χ3v) is 3.55. The molecule has 0 aliphatic rings. The highest BCUT2D eigenvalue weighted by molar-refractivity contribution is 7.80. The minimum atomic E-state index is -0.626. The summed E-state index contributed by atoms with van der Waals surface area (Å²) < 4.78 is 4.69. The number of benzene rings is 2. The Morgan fingerprint density at radius 3 is 2.36 bits per heavy atom. The van der Waals surface area contributed by atoms with Gasteiger partial charge in [0.05, 0.1) is 17.9 Å². The summed E-state index contributed by atoms with van der Waals surface area (Å²) in [5.41, 5.74) is 1.43. The van der Waals surface area contributed by atoms with Crippen molar-refractivity contribution in [2.24, 2.45) is 0 Å². The highest BCUT2D eigenvalue weighted by atomic mass is 32.1. The van der Waals surface area contributed by atoms with E-state index in [-0.39, 0.29) is 17.6 Å². The molecular formula is C20H19N3O4S. The maximum absolute atomic E-state index is 12.5. The molecule has 3 N–H and O–H groups in total. The second-order valence-corrected chi connectivity index (χ2v) is 5.80. The molecule has 0 aromatic heterocycles. The molecule has 0 unspecified atom stereocenters.